The fraction of sp³-hybridized carbons (Fsp3) is 0.500. The molecular weight excluding hydrogens is 371 g/mol. The molecule has 2 atom stereocenters. The van der Waals surface area contributed by atoms with Gasteiger partial charge < -0.3 is 9.64 Å². The van der Waals surface area contributed by atoms with Gasteiger partial charge in [0.2, 0.25) is 5.91 Å². The molecule has 1 aromatic carbocycles. The molecule has 7 heteroatoms. The highest BCUT2D eigenvalue weighted by atomic mass is 19.1. The van der Waals surface area contributed by atoms with Gasteiger partial charge in [-0.2, -0.15) is 5.26 Å². The first-order valence-electron chi connectivity index (χ1n) is 10.2. The summed E-state index contributed by atoms with van der Waals surface area (Å²) in [7, 11) is 0. The van der Waals surface area contributed by atoms with E-state index in [2.05, 4.69) is 16.0 Å². The van der Waals surface area contributed by atoms with Crippen LogP contribution in [0.4, 0.5) is 4.39 Å². The van der Waals surface area contributed by atoms with Crippen molar-refractivity contribution >= 4 is 16.8 Å². The Hall–Kier alpha value is -2.72. The van der Waals surface area contributed by atoms with Crippen LogP contribution in [0, 0.1) is 11.3 Å². The lowest BCUT2D eigenvalue weighted by Crippen LogP contribution is -2.46. The maximum atomic E-state index is 13.5. The van der Waals surface area contributed by atoms with E-state index in [4.69, 9.17) is 10.00 Å². The van der Waals surface area contributed by atoms with E-state index in [0.29, 0.717) is 18.7 Å². The van der Waals surface area contributed by atoms with Crippen LogP contribution in [0.1, 0.15) is 31.9 Å². The molecule has 6 nitrogen and oxygen atoms in total. The van der Waals surface area contributed by atoms with Crippen molar-refractivity contribution < 1.29 is 13.9 Å². The van der Waals surface area contributed by atoms with Crippen molar-refractivity contribution in [1.29, 1.82) is 5.26 Å². The quantitative estimate of drug-likeness (QED) is 0.795. The average molecular weight is 396 g/mol. The third-order valence-corrected chi connectivity index (χ3v) is 5.84. The maximum Gasteiger partial charge on any atom is 0.237 e. The molecule has 2 aromatic rings. The molecule has 0 unspecified atom stereocenters. The van der Waals surface area contributed by atoms with Gasteiger partial charge in [-0.25, -0.2) is 9.37 Å². The number of ether oxygens (including phenoxy) is 1. The van der Waals surface area contributed by atoms with Gasteiger partial charge in [0, 0.05) is 30.9 Å². The van der Waals surface area contributed by atoms with Crippen molar-refractivity contribution in [2.24, 2.45) is 0 Å². The number of nitriles is 1. The van der Waals surface area contributed by atoms with Crippen LogP contribution in [0.3, 0.4) is 0 Å². The molecule has 4 rings (SSSR count). The van der Waals surface area contributed by atoms with Crippen LogP contribution >= 0.6 is 0 Å². The summed E-state index contributed by atoms with van der Waals surface area (Å²) in [6.45, 7) is 4.04. The van der Waals surface area contributed by atoms with Gasteiger partial charge in [-0.05, 0) is 44.0 Å². The Balaban J connectivity index is 1.33. The minimum atomic E-state index is -0.896. The molecular formula is C22H25FN4O2. The number of carbonyl (C=O) groups excluding carboxylic acids is 1. The summed E-state index contributed by atoms with van der Waals surface area (Å²) in [6.07, 6.45) is 1.27. The molecule has 0 N–H and O–H groups in total. The van der Waals surface area contributed by atoms with Crippen LogP contribution < -0.4 is 4.74 Å². The molecule has 0 radical (unpaired) electrons. The van der Waals surface area contributed by atoms with Crippen LogP contribution in [0.15, 0.2) is 30.3 Å². The molecule has 29 heavy (non-hydrogen) atoms. The predicted molar refractivity (Wildman–Crippen MR) is 107 cm³/mol. The molecule has 0 saturated carbocycles. The highest BCUT2D eigenvalue weighted by Crippen LogP contribution is 2.28. The van der Waals surface area contributed by atoms with Crippen LogP contribution in [0.25, 0.3) is 10.9 Å². The minimum Gasteiger partial charge on any atom is -0.490 e. The number of pyridine rings is 1. The zero-order chi connectivity index (χ0) is 20.4. The Morgan fingerprint density at radius 2 is 2.10 bits per heavy atom. The lowest BCUT2D eigenvalue weighted by Gasteiger charge is -2.33. The number of nitrogens with zero attached hydrogens (tertiary/aromatic N) is 4. The molecule has 2 aliphatic heterocycles. The Morgan fingerprint density at radius 3 is 2.79 bits per heavy atom. The molecule has 1 amide bonds. The number of benzene rings is 1. The molecule has 3 heterocycles. The number of aromatic nitrogens is 1. The number of carbonyl (C=O) groups is 1. The zero-order valence-corrected chi connectivity index (χ0v) is 16.6. The Morgan fingerprint density at radius 1 is 1.31 bits per heavy atom. The van der Waals surface area contributed by atoms with Crippen molar-refractivity contribution in [3.63, 3.8) is 0 Å². The molecule has 1 aromatic heterocycles. The molecule has 152 valence electrons. The normalized spacial score (nSPS) is 23.3. The van der Waals surface area contributed by atoms with Gasteiger partial charge in [0.1, 0.15) is 29.8 Å². The van der Waals surface area contributed by atoms with Crippen molar-refractivity contribution in [2.75, 3.05) is 26.2 Å². The van der Waals surface area contributed by atoms with Crippen LogP contribution in [0.5, 0.6) is 5.75 Å². The second kappa shape index (κ2) is 8.34. The summed E-state index contributed by atoms with van der Waals surface area (Å²) < 4.78 is 19.8. The van der Waals surface area contributed by atoms with E-state index in [0.717, 1.165) is 42.6 Å². The number of likely N-dealkylation sites (tertiary alicyclic amines) is 2. The van der Waals surface area contributed by atoms with Gasteiger partial charge in [0.05, 0.1) is 18.6 Å². The Kier molecular flexibility index (Phi) is 5.63. The minimum absolute atomic E-state index is 0.0140. The number of alkyl halides is 1. The van der Waals surface area contributed by atoms with Crippen LogP contribution in [-0.2, 0) is 4.79 Å². The monoisotopic (exact) mass is 396 g/mol. The van der Waals surface area contributed by atoms with Crippen molar-refractivity contribution in [3.8, 4) is 11.8 Å². The summed E-state index contributed by atoms with van der Waals surface area (Å²) in [5.74, 6) is 0.791. The number of fused-ring (bicyclic) bond motifs is 1. The van der Waals surface area contributed by atoms with Gasteiger partial charge in [0.25, 0.3) is 0 Å². The largest absolute Gasteiger partial charge is 0.490 e. The van der Waals surface area contributed by atoms with Crippen molar-refractivity contribution in [3.05, 3.63) is 36.0 Å². The fourth-order valence-electron chi connectivity index (χ4n) is 4.25. The maximum absolute atomic E-state index is 13.5. The van der Waals surface area contributed by atoms with Crippen molar-refractivity contribution in [1.82, 2.24) is 14.8 Å². The summed E-state index contributed by atoms with van der Waals surface area (Å²) in [6, 6.07) is 11.3. The number of halogens is 1. The summed E-state index contributed by atoms with van der Waals surface area (Å²) in [4.78, 5) is 20.6. The van der Waals surface area contributed by atoms with Gasteiger partial charge in [0.15, 0.2) is 0 Å². The molecule has 2 saturated heterocycles. The molecule has 0 aliphatic carbocycles. The average Bonchev–Trinajstić information content (AvgIpc) is 3.07. The van der Waals surface area contributed by atoms with Gasteiger partial charge >= 0.3 is 0 Å². The molecule has 0 spiro atoms. The Labute approximate surface area is 169 Å². The molecule has 0 bridgehead atoms. The van der Waals surface area contributed by atoms with E-state index < -0.39 is 6.17 Å². The number of hydrogen-bond acceptors (Lipinski definition) is 5. The smallest absolute Gasteiger partial charge is 0.237 e. The first-order valence-corrected chi connectivity index (χ1v) is 10.2. The Bertz CT molecular complexity index is 936. The second-order valence-electron chi connectivity index (χ2n) is 7.95. The van der Waals surface area contributed by atoms with E-state index in [1.54, 1.807) is 11.0 Å². The second-order valence-corrected chi connectivity index (χ2v) is 7.95. The summed E-state index contributed by atoms with van der Waals surface area (Å²) >= 11 is 0. The first kappa shape index (κ1) is 19.6. The fourth-order valence-corrected chi connectivity index (χ4v) is 4.25. The van der Waals surface area contributed by atoms with Gasteiger partial charge in [-0.1, -0.05) is 6.07 Å². The third kappa shape index (κ3) is 4.33. The SMILES string of the molecule is C[C@@H]1C[C@H](F)CN1C(=O)CN1CCC(Oc2cccc3nc(C#N)ccc23)CC1. The highest BCUT2D eigenvalue weighted by molar-refractivity contribution is 5.85. The van der Waals surface area contributed by atoms with Gasteiger partial charge in [-0.3, -0.25) is 9.69 Å². The third-order valence-electron chi connectivity index (χ3n) is 5.84. The first-order chi connectivity index (χ1) is 14.0. The van der Waals surface area contributed by atoms with E-state index in [1.165, 1.54) is 0 Å². The van der Waals surface area contributed by atoms with E-state index in [-0.39, 0.29) is 24.6 Å². The molecule has 2 fully saturated rings. The topological polar surface area (TPSA) is 69.5 Å². The number of rotatable bonds is 4. The lowest BCUT2D eigenvalue weighted by molar-refractivity contribution is -0.133. The van der Waals surface area contributed by atoms with E-state index in [1.807, 2.05) is 31.2 Å². The van der Waals surface area contributed by atoms with Crippen molar-refractivity contribution in [2.45, 2.75) is 44.5 Å². The summed E-state index contributed by atoms with van der Waals surface area (Å²) in [5, 5.41) is 9.91. The zero-order valence-electron chi connectivity index (χ0n) is 16.6. The van der Waals surface area contributed by atoms with Gasteiger partial charge in [-0.15, -0.1) is 0 Å². The molecule has 2 aliphatic rings. The number of amides is 1. The predicted octanol–water partition coefficient (Wildman–Crippen LogP) is 2.91. The lowest BCUT2D eigenvalue weighted by atomic mass is 10.1. The van der Waals surface area contributed by atoms with Crippen LogP contribution in [-0.4, -0.2) is 65.2 Å². The standard InChI is InChI=1S/C22H25FN4O2/c1-15-11-16(23)13-27(15)22(28)14-26-9-7-18(8-10-26)29-21-4-2-3-20-19(21)6-5-17(12-24)25-20/h2-6,15-16,18H,7-11,13-14H2,1H3/t15-,16+/m1/s1. The van der Waals surface area contributed by atoms with Crippen LogP contribution in [0.2, 0.25) is 0 Å². The van der Waals surface area contributed by atoms with E-state index >= 15 is 0 Å². The summed E-state index contributed by atoms with van der Waals surface area (Å²) in [5.41, 5.74) is 1.13. The highest BCUT2D eigenvalue weighted by Gasteiger charge is 2.33. The number of hydrogen-bond donors (Lipinski definition) is 0. The van der Waals surface area contributed by atoms with E-state index in [9.17, 15) is 9.18 Å². The number of piperidine rings is 1.